The largest absolute Gasteiger partial charge is 0.345 e. The zero-order valence-corrected chi connectivity index (χ0v) is 13.5. The normalized spacial score (nSPS) is 17.0. The Morgan fingerprint density at radius 3 is 2.50 bits per heavy atom. The summed E-state index contributed by atoms with van der Waals surface area (Å²) in [7, 11) is -0.380. The third kappa shape index (κ3) is 3.29. The van der Waals surface area contributed by atoms with Gasteiger partial charge in [-0.3, -0.25) is 4.79 Å². The Morgan fingerprint density at radius 1 is 1.32 bits per heavy atom. The zero-order chi connectivity index (χ0) is 16.3. The molecule has 6 nitrogen and oxygen atoms in total. The summed E-state index contributed by atoms with van der Waals surface area (Å²) in [6.45, 7) is 0.679. The van der Waals surface area contributed by atoms with Crippen molar-refractivity contribution in [1.82, 2.24) is 9.21 Å². The smallest absolute Gasteiger partial charge is 0.253 e. The summed E-state index contributed by atoms with van der Waals surface area (Å²) in [4.78, 5) is 13.5. The van der Waals surface area contributed by atoms with Crippen molar-refractivity contribution in [2.75, 3.05) is 27.2 Å². The first-order chi connectivity index (χ1) is 10.4. The van der Waals surface area contributed by atoms with Crippen LogP contribution in [-0.4, -0.2) is 50.7 Å². The quantitative estimate of drug-likeness (QED) is 0.840. The number of benzene rings is 1. The van der Waals surface area contributed by atoms with Crippen LogP contribution in [0.3, 0.4) is 0 Å². The molecular formula is C15H19N3O3S. The Hall–Kier alpha value is -1.91. The van der Waals surface area contributed by atoms with Crippen molar-refractivity contribution in [2.45, 2.75) is 17.7 Å². The van der Waals surface area contributed by atoms with Gasteiger partial charge in [-0.2, -0.15) is 9.57 Å². The van der Waals surface area contributed by atoms with Gasteiger partial charge in [-0.05, 0) is 31.0 Å². The lowest BCUT2D eigenvalue weighted by Gasteiger charge is -2.28. The predicted octanol–water partition coefficient (Wildman–Crippen LogP) is 1.31. The molecule has 0 aliphatic carbocycles. The van der Waals surface area contributed by atoms with Crippen LogP contribution in [0.2, 0.25) is 0 Å². The van der Waals surface area contributed by atoms with E-state index in [-0.39, 0.29) is 16.7 Å². The first-order valence-corrected chi connectivity index (χ1v) is 8.51. The minimum atomic E-state index is -3.62. The van der Waals surface area contributed by atoms with Gasteiger partial charge in [0.25, 0.3) is 5.91 Å². The van der Waals surface area contributed by atoms with Crippen molar-refractivity contribution in [2.24, 2.45) is 5.92 Å². The number of nitriles is 1. The SMILES string of the molecule is CN(C)C(=O)c1cccc(S(=O)(=O)N2CCC(C#N)CC2)c1. The minimum Gasteiger partial charge on any atom is -0.345 e. The van der Waals surface area contributed by atoms with Crippen LogP contribution in [-0.2, 0) is 10.0 Å². The highest BCUT2D eigenvalue weighted by molar-refractivity contribution is 7.89. The number of nitrogens with zero attached hydrogens (tertiary/aromatic N) is 3. The highest BCUT2D eigenvalue weighted by atomic mass is 32.2. The van der Waals surface area contributed by atoms with Crippen LogP contribution in [0.5, 0.6) is 0 Å². The summed E-state index contributed by atoms with van der Waals surface area (Å²) >= 11 is 0. The maximum atomic E-state index is 12.6. The topological polar surface area (TPSA) is 81.5 Å². The fourth-order valence-electron chi connectivity index (χ4n) is 2.42. The highest BCUT2D eigenvalue weighted by Crippen LogP contribution is 2.24. The number of carbonyl (C=O) groups excluding carboxylic acids is 1. The van der Waals surface area contributed by atoms with Crippen molar-refractivity contribution in [3.63, 3.8) is 0 Å². The second-order valence-corrected chi connectivity index (χ2v) is 7.47. The fourth-order valence-corrected chi connectivity index (χ4v) is 3.94. The lowest BCUT2D eigenvalue weighted by Crippen LogP contribution is -2.38. The van der Waals surface area contributed by atoms with E-state index in [1.165, 1.54) is 21.3 Å². The summed E-state index contributed by atoms with van der Waals surface area (Å²) in [5.41, 5.74) is 0.345. The van der Waals surface area contributed by atoms with Crippen molar-refractivity contribution in [1.29, 1.82) is 5.26 Å². The van der Waals surface area contributed by atoms with E-state index in [1.807, 2.05) is 0 Å². The van der Waals surface area contributed by atoms with E-state index in [0.29, 0.717) is 31.5 Å². The van der Waals surface area contributed by atoms with E-state index >= 15 is 0 Å². The molecule has 1 aliphatic rings. The zero-order valence-electron chi connectivity index (χ0n) is 12.7. The van der Waals surface area contributed by atoms with E-state index in [9.17, 15) is 13.2 Å². The molecule has 1 aromatic rings. The van der Waals surface area contributed by atoms with Crippen LogP contribution >= 0.6 is 0 Å². The van der Waals surface area contributed by atoms with Gasteiger partial charge in [-0.15, -0.1) is 0 Å². The molecule has 0 N–H and O–H groups in total. The number of sulfonamides is 1. The monoisotopic (exact) mass is 321 g/mol. The molecule has 22 heavy (non-hydrogen) atoms. The molecule has 1 fully saturated rings. The third-order valence-corrected chi connectivity index (χ3v) is 5.66. The summed E-state index contributed by atoms with van der Waals surface area (Å²) in [6, 6.07) is 8.26. The Kier molecular flexibility index (Phi) is 4.84. The molecule has 0 unspecified atom stereocenters. The molecule has 0 atom stereocenters. The average Bonchev–Trinajstić information content (AvgIpc) is 2.54. The molecule has 0 aromatic heterocycles. The highest BCUT2D eigenvalue weighted by Gasteiger charge is 2.29. The van der Waals surface area contributed by atoms with Gasteiger partial charge in [-0.25, -0.2) is 8.42 Å². The lowest BCUT2D eigenvalue weighted by atomic mass is 10.0. The molecule has 1 aliphatic heterocycles. The van der Waals surface area contributed by atoms with Crippen LogP contribution in [0.1, 0.15) is 23.2 Å². The van der Waals surface area contributed by atoms with Gasteiger partial charge >= 0.3 is 0 Å². The van der Waals surface area contributed by atoms with Gasteiger partial charge < -0.3 is 4.90 Å². The first kappa shape index (κ1) is 16.5. The molecule has 0 bridgehead atoms. The van der Waals surface area contributed by atoms with Crippen molar-refractivity contribution in [3.05, 3.63) is 29.8 Å². The van der Waals surface area contributed by atoms with Gasteiger partial charge in [0, 0.05) is 38.7 Å². The molecule has 1 aromatic carbocycles. The summed E-state index contributed by atoms with van der Waals surface area (Å²) in [5, 5.41) is 8.89. The molecule has 1 heterocycles. The summed E-state index contributed by atoms with van der Waals surface area (Å²) in [6.07, 6.45) is 1.10. The van der Waals surface area contributed by atoms with E-state index in [1.54, 1.807) is 26.2 Å². The number of hydrogen-bond donors (Lipinski definition) is 0. The van der Waals surface area contributed by atoms with E-state index in [4.69, 9.17) is 5.26 Å². The van der Waals surface area contributed by atoms with Gasteiger partial charge in [0.15, 0.2) is 0 Å². The van der Waals surface area contributed by atoms with Crippen molar-refractivity contribution < 1.29 is 13.2 Å². The van der Waals surface area contributed by atoms with Crippen molar-refractivity contribution >= 4 is 15.9 Å². The number of carbonyl (C=O) groups is 1. The summed E-state index contributed by atoms with van der Waals surface area (Å²) < 4.78 is 26.7. The number of amides is 1. The number of piperidine rings is 1. The van der Waals surface area contributed by atoms with Gasteiger partial charge in [0.1, 0.15) is 0 Å². The van der Waals surface area contributed by atoms with E-state index in [0.717, 1.165) is 0 Å². The van der Waals surface area contributed by atoms with Crippen molar-refractivity contribution in [3.8, 4) is 6.07 Å². The van der Waals surface area contributed by atoms with Crippen LogP contribution in [0.4, 0.5) is 0 Å². The minimum absolute atomic E-state index is 0.0758. The second kappa shape index (κ2) is 6.46. The molecule has 2 rings (SSSR count). The molecule has 7 heteroatoms. The molecular weight excluding hydrogens is 302 g/mol. The van der Waals surface area contributed by atoms with Crippen LogP contribution in [0, 0.1) is 17.2 Å². The van der Waals surface area contributed by atoms with E-state index < -0.39 is 10.0 Å². The Labute approximate surface area is 131 Å². The first-order valence-electron chi connectivity index (χ1n) is 7.07. The summed E-state index contributed by atoms with van der Waals surface area (Å²) in [5.74, 6) is -0.312. The Morgan fingerprint density at radius 2 is 1.95 bits per heavy atom. The Balaban J connectivity index is 2.25. The number of rotatable bonds is 3. The maximum Gasteiger partial charge on any atom is 0.253 e. The van der Waals surface area contributed by atoms with Gasteiger partial charge in [0.05, 0.1) is 11.0 Å². The average molecular weight is 321 g/mol. The molecule has 1 saturated heterocycles. The molecule has 0 saturated carbocycles. The predicted molar refractivity (Wildman–Crippen MR) is 81.6 cm³/mol. The molecule has 1 amide bonds. The van der Waals surface area contributed by atoms with Gasteiger partial charge in [0.2, 0.25) is 10.0 Å². The molecule has 0 radical (unpaired) electrons. The Bertz CT molecular complexity index is 699. The molecule has 0 spiro atoms. The third-order valence-electron chi connectivity index (χ3n) is 3.76. The van der Waals surface area contributed by atoms with E-state index in [2.05, 4.69) is 6.07 Å². The second-order valence-electron chi connectivity index (χ2n) is 5.53. The van der Waals surface area contributed by atoms with Crippen LogP contribution in [0.15, 0.2) is 29.2 Å². The maximum absolute atomic E-state index is 12.6. The standard InChI is InChI=1S/C15H19N3O3S/c1-17(2)15(19)13-4-3-5-14(10-13)22(20,21)18-8-6-12(11-16)7-9-18/h3-5,10,12H,6-9H2,1-2H3. The van der Waals surface area contributed by atoms with Crippen LogP contribution in [0.25, 0.3) is 0 Å². The fraction of sp³-hybridized carbons (Fsp3) is 0.467. The number of hydrogen-bond acceptors (Lipinski definition) is 4. The van der Waals surface area contributed by atoms with Gasteiger partial charge in [-0.1, -0.05) is 6.07 Å². The lowest BCUT2D eigenvalue weighted by molar-refractivity contribution is 0.0827. The van der Waals surface area contributed by atoms with Crippen LogP contribution < -0.4 is 0 Å². The molecule has 118 valence electrons.